The molecule has 2 aliphatic rings. The fraction of sp³-hybridized carbons (Fsp3) is 0.429. The van der Waals surface area contributed by atoms with E-state index in [2.05, 4.69) is 10.6 Å². The number of anilines is 2. The number of fused-ring (bicyclic) bond motifs is 1. The van der Waals surface area contributed by atoms with Gasteiger partial charge < -0.3 is 16.4 Å². The van der Waals surface area contributed by atoms with Crippen LogP contribution in [-0.2, 0) is 16.0 Å². The van der Waals surface area contributed by atoms with Gasteiger partial charge in [-0.3, -0.25) is 9.59 Å². The molecule has 5 heteroatoms. The third-order valence-corrected chi connectivity index (χ3v) is 3.94. The van der Waals surface area contributed by atoms with E-state index in [9.17, 15) is 9.59 Å². The number of nitrogens with one attached hydrogen (secondary N) is 2. The molecular formula is C14H17N3O2. The molecule has 0 aromatic heterocycles. The molecule has 0 unspecified atom stereocenters. The lowest BCUT2D eigenvalue weighted by molar-refractivity contribution is -0.121. The van der Waals surface area contributed by atoms with Crippen LogP contribution in [0.1, 0.15) is 31.2 Å². The minimum absolute atomic E-state index is 0.00966. The van der Waals surface area contributed by atoms with Crippen LogP contribution in [0, 0.1) is 0 Å². The number of nitrogens with two attached hydrogens (primary N) is 1. The van der Waals surface area contributed by atoms with Crippen molar-refractivity contribution in [1.82, 2.24) is 0 Å². The lowest BCUT2D eigenvalue weighted by Crippen LogP contribution is -2.48. The van der Waals surface area contributed by atoms with Gasteiger partial charge in [0.25, 0.3) is 0 Å². The third-order valence-electron chi connectivity index (χ3n) is 3.94. The quantitative estimate of drug-likeness (QED) is 0.750. The van der Waals surface area contributed by atoms with Crippen LogP contribution in [0.25, 0.3) is 0 Å². The minimum atomic E-state index is -0.729. The second kappa shape index (κ2) is 4.35. The average Bonchev–Trinajstić information content (AvgIpc) is 2.95. The van der Waals surface area contributed by atoms with Crippen molar-refractivity contribution in [2.24, 2.45) is 5.73 Å². The van der Waals surface area contributed by atoms with E-state index < -0.39 is 5.54 Å². The maximum atomic E-state index is 12.2. The van der Waals surface area contributed by atoms with Gasteiger partial charge in [-0.1, -0.05) is 12.8 Å². The summed E-state index contributed by atoms with van der Waals surface area (Å²) in [5.74, 6) is -0.133. The summed E-state index contributed by atoms with van der Waals surface area (Å²) >= 11 is 0. The number of carbonyl (C=O) groups excluding carboxylic acids is 2. The van der Waals surface area contributed by atoms with Gasteiger partial charge in [-0.25, -0.2) is 0 Å². The average molecular weight is 259 g/mol. The molecule has 1 aromatic carbocycles. The van der Waals surface area contributed by atoms with E-state index in [1.165, 1.54) is 0 Å². The highest BCUT2D eigenvalue weighted by atomic mass is 16.2. The van der Waals surface area contributed by atoms with Crippen LogP contribution < -0.4 is 16.4 Å². The van der Waals surface area contributed by atoms with Gasteiger partial charge in [0.1, 0.15) is 0 Å². The van der Waals surface area contributed by atoms with Gasteiger partial charge >= 0.3 is 0 Å². The summed E-state index contributed by atoms with van der Waals surface area (Å²) in [6.45, 7) is 0. The first-order valence-corrected chi connectivity index (χ1v) is 6.60. The summed E-state index contributed by atoms with van der Waals surface area (Å²) in [6, 6.07) is 5.44. The van der Waals surface area contributed by atoms with Gasteiger partial charge in [-0.15, -0.1) is 0 Å². The van der Waals surface area contributed by atoms with Crippen LogP contribution in [0.2, 0.25) is 0 Å². The number of hydrogen-bond acceptors (Lipinski definition) is 3. The highest BCUT2D eigenvalue weighted by molar-refractivity contribution is 6.01. The van der Waals surface area contributed by atoms with Crippen molar-refractivity contribution in [3.05, 3.63) is 23.8 Å². The molecule has 100 valence electrons. The van der Waals surface area contributed by atoms with Crippen LogP contribution >= 0.6 is 0 Å². The molecule has 1 aliphatic heterocycles. The van der Waals surface area contributed by atoms with Crippen molar-refractivity contribution in [3.63, 3.8) is 0 Å². The molecule has 1 aliphatic carbocycles. The first-order chi connectivity index (χ1) is 9.07. The van der Waals surface area contributed by atoms with E-state index in [0.717, 1.165) is 36.9 Å². The molecule has 0 atom stereocenters. The molecular weight excluding hydrogens is 242 g/mol. The van der Waals surface area contributed by atoms with Crippen LogP contribution in [0.5, 0.6) is 0 Å². The molecule has 2 amide bonds. The lowest BCUT2D eigenvalue weighted by atomic mass is 9.98. The Bertz CT molecular complexity index is 548. The number of rotatable bonds is 2. The van der Waals surface area contributed by atoms with Gasteiger partial charge in [0.2, 0.25) is 11.8 Å². The zero-order valence-electron chi connectivity index (χ0n) is 10.7. The summed E-state index contributed by atoms with van der Waals surface area (Å²) in [5.41, 5.74) is 7.83. The predicted octanol–water partition coefficient (Wildman–Crippen LogP) is 1.39. The molecule has 1 heterocycles. The van der Waals surface area contributed by atoms with E-state index in [-0.39, 0.29) is 11.8 Å². The lowest BCUT2D eigenvalue weighted by Gasteiger charge is -2.22. The van der Waals surface area contributed by atoms with Crippen molar-refractivity contribution < 1.29 is 9.59 Å². The van der Waals surface area contributed by atoms with Crippen molar-refractivity contribution in [2.75, 3.05) is 10.6 Å². The van der Waals surface area contributed by atoms with E-state index >= 15 is 0 Å². The van der Waals surface area contributed by atoms with Gasteiger partial charge in [-0.2, -0.15) is 0 Å². The molecule has 3 rings (SSSR count). The Labute approximate surface area is 111 Å². The molecule has 0 bridgehead atoms. The number of amides is 2. The summed E-state index contributed by atoms with van der Waals surface area (Å²) in [4.78, 5) is 23.5. The largest absolute Gasteiger partial charge is 0.326 e. The SMILES string of the molecule is NC1(C(=O)Nc2ccc3c(c2)CC(=O)N3)CCCC1. The fourth-order valence-electron chi connectivity index (χ4n) is 2.80. The number of carbonyl (C=O) groups is 2. The minimum Gasteiger partial charge on any atom is -0.326 e. The Morgan fingerprint density at radius 1 is 1.32 bits per heavy atom. The molecule has 0 radical (unpaired) electrons. The van der Waals surface area contributed by atoms with Gasteiger partial charge in [-0.05, 0) is 36.6 Å². The molecule has 0 spiro atoms. The molecule has 1 aromatic rings. The summed E-state index contributed by atoms with van der Waals surface area (Å²) in [6.07, 6.45) is 3.86. The maximum absolute atomic E-state index is 12.2. The Kier molecular flexibility index (Phi) is 2.78. The van der Waals surface area contributed by atoms with Crippen molar-refractivity contribution >= 4 is 23.2 Å². The first-order valence-electron chi connectivity index (χ1n) is 6.60. The molecule has 19 heavy (non-hydrogen) atoms. The predicted molar refractivity (Wildman–Crippen MR) is 72.8 cm³/mol. The zero-order valence-corrected chi connectivity index (χ0v) is 10.7. The third kappa shape index (κ3) is 2.21. The van der Waals surface area contributed by atoms with E-state index in [1.807, 2.05) is 12.1 Å². The second-order valence-electron chi connectivity index (χ2n) is 5.41. The molecule has 1 fully saturated rings. The van der Waals surface area contributed by atoms with Gasteiger partial charge in [0.05, 0.1) is 12.0 Å². The Morgan fingerprint density at radius 2 is 2.05 bits per heavy atom. The summed E-state index contributed by atoms with van der Waals surface area (Å²) < 4.78 is 0. The molecule has 0 saturated heterocycles. The van der Waals surface area contributed by atoms with Gasteiger partial charge in [0.15, 0.2) is 0 Å². The van der Waals surface area contributed by atoms with Crippen LogP contribution in [-0.4, -0.2) is 17.4 Å². The van der Waals surface area contributed by atoms with Crippen LogP contribution in [0.3, 0.4) is 0 Å². The summed E-state index contributed by atoms with van der Waals surface area (Å²) in [7, 11) is 0. The Hall–Kier alpha value is -1.88. The van der Waals surface area contributed by atoms with Crippen molar-refractivity contribution in [3.8, 4) is 0 Å². The van der Waals surface area contributed by atoms with E-state index in [1.54, 1.807) is 6.07 Å². The highest BCUT2D eigenvalue weighted by Crippen LogP contribution is 2.30. The van der Waals surface area contributed by atoms with Crippen LogP contribution in [0.15, 0.2) is 18.2 Å². The summed E-state index contributed by atoms with van der Waals surface area (Å²) in [5, 5.41) is 5.63. The zero-order chi connectivity index (χ0) is 13.5. The van der Waals surface area contributed by atoms with Gasteiger partial charge in [0, 0.05) is 11.4 Å². The normalized spacial score (nSPS) is 19.9. The number of hydrogen-bond donors (Lipinski definition) is 3. The fourth-order valence-corrected chi connectivity index (χ4v) is 2.80. The first kappa shape index (κ1) is 12.2. The van der Waals surface area contributed by atoms with Crippen molar-refractivity contribution in [2.45, 2.75) is 37.6 Å². The van der Waals surface area contributed by atoms with Crippen LogP contribution in [0.4, 0.5) is 11.4 Å². The molecule has 1 saturated carbocycles. The number of benzene rings is 1. The smallest absolute Gasteiger partial charge is 0.244 e. The second-order valence-corrected chi connectivity index (χ2v) is 5.41. The molecule has 4 N–H and O–H groups in total. The highest BCUT2D eigenvalue weighted by Gasteiger charge is 2.37. The Balaban J connectivity index is 1.76. The maximum Gasteiger partial charge on any atom is 0.244 e. The Morgan fingerprint density at radius 3 is 2.79 bits per heavy atom. The van der Waals surface area contributed by atoms with E-state index in [4.69, 9.17) is 5.73 Å². The monoisotopic (exact) mass is 259 g/mol. The topological polar surface area (TPSA) is 84.2 Å². The standard InChI is InChI=1S/C14H17N3O2/c15-14(5-1-2-6-14)13(19)16-10-3-4-11-9(7-10)8-12(18)17-11/h3-4,7H,1-2,5-6,8,15H2,(H,16,19)(H,17,18). The van der Waals surface area contributed by atoms with E-state index in [0.29, 0.717) is 12.1 Å². The van der Waals surface area contributed by atoms with Crippen molar-refractivity contribution in [1.29, 1.82) is 0 Å². The molecule has 5 nitrogen and oxygen atoms in total.